The topological polar surface area (TPSA) is 44.1 Å². The number of nitrogens with zero attached hydrogens (tertiary/aromatic N) is 2. The summed E-state index contributed by atoms with van der Waals surface area (Å²) in [4.78, 5) is 10.7. The first kappa shape index (κ1) is 9.63. The molecule has 1 aromatic heterocycles. The lowest BCUT2D eigenvalue weighted by molar-refractivity contribution is -0.141. The van der Waals surface area contributed by atoms with E-state index >= 15 is 0 Å². The number of halogens is 2. The molecule has 6 heteroatoms. The summed E-state index contributed by atoms with van der Waals surface area (Å²) in [6.07, 6.45) is -1.31. The molecular formula is C7H8F2N2O2. The van der Waals surface area contributed by atoms with Crippen LogP contribution in [0.25, 0.3) is 0 Å². The molecule has 0 atom stereocenters. The van der Waals surface area contributed by atoms with Crippen LogP contribution in [-0.2, 0) is 16.1 Å². The van der Waals surface area contributed by atoms with Crippen molar-refractivity contribution < 1.29 is 18.3 Å². The molecule has 13 heavy (non-hydrogen) atoms. The number of hydrogen-bond donors (Lipinski definition) is 0. The first-order valence-electron chi connectivity index (χ1n) is 3.52. The number of aromatic nitrogens is 2. The molecule has 1 heterocycles. The lowest BCUT2D eigenvalue weighted by Crippen LogP contribution is -2.12. The molecule has 72 valence electrons. The van der Waals surface area contributed by atoms with Gasteiger partial charge in [-0.05, 0) is 6.07 Å². The maximum atomic E-state index is 12.0. The van der Waals surface area contributed by atoms with Gasteiger partial charge in [-0.2, -0.15) is 5.10 Å². The number of alkyl halides is 2. The fourth-order valence-corrected chi connectivity index (χ4v) is 0.779. The molecule has 0 amide bonds. The number of methoxy groups -OCH3 is 1. The highest BCUT2D eigenvalue weighted by Crippen LogP contribution is 2.15. The van der Waals surface area contributed by atoms with E-state index in [4.69, 9.17) is 0 Å². The molecule has 0 aliphatic carbocycles. The zero-order valence-corrected chi connectivity index (χ0v) is 6.91. The van der Waals surface area contributed by atoms with Crippen LogP contribution in [0.15, 0.2) is 12.3 Å². The number of rotatable bonds is 3. The van der Waals surface area contributed by atoms with Crippen LogP contribution in [0.1, 0.15) is 12.1 Å². The molecule has 0 fully saturated rings. The van der Waals surface area contributed by atoms with Crippen LogP contribution in [0.5, 0.6) is 0 Å². The Bertz CT molecular complexity index is 298. The van der Waals surface area contributed by atoms with Gasteiger partial charge in [-0.25, -0.2) is 8.78 Å². The second kappa shape index (κ2) is 3.97. The smallest absolute Gasteiger partial charge is 0.327 e. The molecule has 0 unspecified atom stereocenters. The molecule has 0 spiro atoms. The van der Waals surface area contributed by atoms with Crippen molar-refractivity contribution in [2.75, 3.05) is 7.11 Å². The van der Waals surface area contributed by atoms with Gasteiger partial charge in [-0.15, -0.1) is 0 Å². The minimum absolute atomic E-state index is 0.150. The van der Waals surface area contributed by atoms with E-state index in [9.17, 15) is 13.6 Å². The third kappa shape index (κ3) is 2.50. The van der Waals surface area contributed by atoms with Crippen molar-refractivity contribution >= 4 is 5.97 Å². The highest BCUT2D eigenvalue weighted by Gasteiger charge is 2.11. The van der Waals surface area contributed by atoms with Gasteiger partial charge in [0, 0.05) is 6.20 Å². The number of hydrogen-bond acceptors (Lipinski definition) is 3. The molecule has 4 nitrogen and oxygen atoms in total. The molecule has 1 aromatic rings. The van der Waals surface area contributed by atoms with Gasteiger partial charge in [0.2, 0.25) is 0 Å². The van der Waals surface area contributed by atoms with Crippen LogP contribution in [-0.4, -0.2) is 22.9 Å². The van der Waals surface area contributed by atoms with Gasteiger partial charge < -0.3 is 4.74 Å². The van der Waals surface area contributed by atoms with E-state index in [0.717, 1.165) is 10.7 Å². The van der Waals surface area contributed by atoms with E-state index < -0.39 is 12.4 Å². The third-order valence-corrected chi connectivity index (χ3v) is 1.40. The summed E-state index contributed by atoms with van der Waals surface area (Å²) in [7, 11) is 1.22. The molecule has 0 aliphatic heterocycles. The molecule has 0 bridgehead atoms. The molecule has 0 saturated heterocycles. The van der Waals surface area contributed by atoms with Crippen molar-refractivity contribution in [2.45, 2.75) is 13.0 Å². The zero-order chi connectivity index (χ0) is 9.84. The van der Waals surface area contributed by atoms with Gasteiger partial charge >= 0.3 is 5.97 Å². The Labute approximate surface area is 73.1 Å². The summed E-state index contributed by atoms with van der Waals surface area (Å²) in [5.41, 5.74) is -0.344. The fraction of sp³-hybridized carbons (Fsp3) is 0.429. The Morgan fingerprint density at radius 3 is 2.92 bits per heavy atom. The Morgan fingerprint density at radius 2 is 2.46 bits per heavy atom. The van der Waals surface area contributed by atoms with E-state index in [-0.39, 0.29) is 12.2 Å². The Hall–Kier alpha value is -1.46. The van der Waals surface area contributed by atoms with Crippen LogP contribution >= 0.6 is 0 Å². The molecule has 0 saturated carbocycles. The number of carbonyl (C=O) groups is 1. The minimum Gasteiger partial charge on any atom is -0.468 e. The van der Waals surface area contributed by atoms with E-state index in [2.05, 4.69) is 9.84 Å². The van der Waals surface area contributed by atoms with Crippen molar-refractivity contribution in [2.24, 2.45) is 0 Å². The summed E-state index contributed by atoms with van der Waals surface area (Å²) >= 11 is 0. The average Bonchev–Trinajstić information content (AvgIpc) is 2.52. The van der Waals surface area contributed by atoms with Gasteiger partial charge in [0.1, 0.15) is 12.2 Å². The summed E-state index contributed by atoms with van der Waals surface area (Å²) in [5, 5.41) is 3.46. The quantitative estimate of drug-likeness (QED) is 0.667. The van der Waals surface area contributed by atoms with E-state index in [1.165, 1.54) is 13.3 Å². The molecule has 0 radical (unpaired) electrons. The van der Waals surface area contributed by atoms with Crippen LogP contribution in [0.2, 0.25) is 0 Å². The Balaban J connectivity index is 2.64. The van der Waals surface area contributed by atoms with Gasteiger partial charge in [-0.1, -0.05) is 0 Å². The first-order chi connectivity index (χ1) is 6.13. The SMILES string of the molecule is COC(=O)Cn1ccc(C(F)F)n1. The van der Waals surface area contributed by atoms with E-state index in [1.807, 2.05) is 0 Å². The second-order valence-electron chi connectivity index (χ2n) is 2.32. The van der Waals surface area contributed by atoms with Gasteiger partial charge in [-0.3, -0.25) is 9.48 Å². The summed E-state index contributed by atoms with van der Waals surface area (Å²) < 4.78 is 29.5. The van der Waals surface area contributed by atoms with E-state index in [1.54, 1.807) is 0 Å². The van der Waals surface area contributed by atoms with Crippen molar-refractivity contribution in [1.82, 2.24) is 9.78 Å². The van der Waals surface area contributed by atoms with Gasteiger partial charge in [0.05, 0.1) is 7.11 Å². The maximum Gasteiger partial charge on any atom is 0.327 e. The molecule has 0 N–H and O–H groups in total. The lowest BCUT2D eigenvalue weighted by atomic mass is 10.5. The highest BCUT2D eigenvalue weighted by atomic mass is 19.3. The number of carbonyl (C=O) groups excluding carboxylic acids is 1. The van der Waals surface area contributed by atoms with Gasteiger partial charge in [0.25, 0.3) is 6.43 Å². The monoisotopic (exact) mass is 190 g/mol. The fourth-order valence-electron chi connectivity index (χ4n) is 0.779. The van der Waals surface area contributed by atoms with Crippen molar-refractivity contribution in [3.63, 3.8) is 0 Å². The van der Waals surface area contributed by atoms with Crippen molar-refractivity contribution in [1.29, 1.82) is 0 Å². The van der Waals surface area contributed by atoms with Crippen LogP contribution in [0.3, 0.4) is 0 Å². The Kier molecular flexibility index (Phi) is 2.94. The van der Waals surface area contributed by atoms with Crippen molar-refractivity contribution in [3.05, 3.63) is 18.0 Å². The molecule has 1 rings (SSSR count). The predicted octanol–water partition coefficient (Wildman–Crippen LogP) is 0.994. The van der Waals surface area contributed by atoms with Crippen LogP contribution in [0.4, 0.5) is 8.78 Å². The highest BCUT2D eigenvalue weighted by molar-refractivity contribution is 5.68. The predicted molar refractivity (Wildman–Crippen MR) is 39.2 cm³/mol. The average molecular weight is 190 g/mol. The molecule has 0 aromatic carbocycles. The minimum atomic E-state index is -2.61. The zero-order valence-electron chi connectivity index (χ0n) is 6.91. The largest absolute Gasteiger partial charge is 0.468 e. The first-order valence-corrected chi connectivity index (χ1v) is 3.52. The normalized spacial score (nSPS) is 10.5. The molecule has 0 aliphatic rings. The Morgan fingerprint density at radius 1 is 1.77 bits per heavy atom. The van der Waals surface area contributed by atoms with Gasteiger partial charge in [0.15, 0.2) is 0 Å². The summed E-state index contributed by atoms with van der Waals surface area (Å²) in [6, 6.07) is 1.16. The van der Waals surface area contributed by atoms with Crippen molar-refractivity contribution in [3.8, 4) is 0 Å². The lowest BCUT2D eigenvalue weighted by Gasteiger charge is -1.98. The standard InChI is InChI=1S/C7H8F2N2O2/c1-13-6(12)4-11-3-2-5(10-11)7(8)9/h2-3,7H,4H2,1H3. The second-order valence-corrected chi connectivity index (χ2v) is 2.32. The van der Waals surface area contributed by atoms with Crippen LogP contribution in [0, 0.1) is 0 Å². The van der Waals surface area contributed by atoms with Crippen LogP contribution < -0.4 is 0 Å². The summed E-state index contributed by atoms with van der Waals surface area (Å²) in [5.74, 6) is -0.524. The third-order valence-electron chi connectivity index (χ3n) is 1.40. The summed E-state index contributed by atoms with van der Waals surface area (Å²) in [6.45, 7) is -0.150. The number of ether oxygens (including phenoxy) is 1. The number of esters is 1. The molecular weight excluding hydrogens is 182 g/mol. The van der Waals surface area contributed by atoms with E-state index in [0.29, 0.717) is 0 Å². The maximum absolute atomic E-state index is 12.0.